The van der Waals surface area contributed by atoms with Gasteiger partial charge in [-0.3, -0.25) is 4.79 Å². The number of hydrogen-bond acceptors (Lipinski definition) is 8. The summed E-state index contributed by atoms with van der Waals surface area (Å²) in [5.74, 6) is 0.681. The molecule has 0 aliphatic rings. The molecule has 0 aliphatic carbocycles. The highest BCUT2D eigenvalue weighted by Crippen LogP contribution is 2.13. The Labute approximate surface area is 167 Å². The Morgan fingerprint density at radius 2 is 1.21 bits per heavy atom. The summed E-state index contributed by atoms with van der Waals surface area (Å²) >= 11 is 0. The van der Waals surface area contributed by atoms with Crippen molar-refractivity contribution in [2.75, 3.05) is 79.2 Å². The van der Waals surface area contributed by atoms with E-state index in [4.69, 9.17) is 34.2 Å². The largest absolute Gasteiger partial charge is 0.491 e. The molecular formula is C20H33NO7. The predicted octanol–water partition coefficient (Wildman–Crippen LogP) is 1.31. The van der Waals surface area contributed by atoms with Crippen LogP contribution in [0.5, 0.6) is 5.75 Å². The maximum Gasteiger partial charge on any atom is 0.159 e. The van der Waals surface area contributed by atoms with Gasteiger partial charge in [0.1, 0.15) is 12.4 Å². The smallest absolute Gasteiger partial charge is 0.159 e. The number of hydrogen-bond donors (Lipinski definition) is 1. The first kappa shape index (κ1) is 24.5. The molecule has 0 saturated heterocycles. The lowest BCUT2D eigenvalue weighted by Crippen LogP contribution is -2.15. The Balaban J connectivity index is 1.81. The Bertz CT molecular complexity index is 513. The molecule has 1 aromatic rings. The first-order valence-electron chi connectivity index (χ1n) is 9.56. The lowest BCUT2D eigenvalue weighted by atomic mass is 10.1. The first-order chi connectivity index (χ1) is 13.7. The highest BCUT2D eigenvalue weighted by molar-refractivity contribution is 5.94. The fraction of sp³-hybridized carbons (Fsp3) is 0.650. The molecule has 0 radical (unpaired) electrons. The van der Waals surface area contributed by atoms with Gasteiger partial charge >= 0.3 is 0 Å². The summed E-state index contributed by atoms with van der Waals surface area (Å²) in [6.07, 6.45) is 0. The van der Waals surface area contributed by atoms with E-state index in [0.29, 0.717) is 90.5 Å². The van der Waals surface area contributed by atoms with Crippen molar-refractivity contribution in [1.82, 2.24) is 0 Å². The normalized spacial score (nSPS) is 10.9. The van der Waals surface area contributed by atoms with Crippen LogP contribution in [0.2, 0.25) is 0 Å². The average Bonchev–Trinajstić information content (AvgIpc) is 2.70. The molecule has 0 aliphatic heterocycles. The highest BCUT2D eigenvalue weighted by Gasteiger charge is 2.01. The van der Waals surface area contributed by atoms with Gasteiger partial charge in [-0.2, -0.15) is 0 Å². The van der Waals surface area contributed by atoms with E-state index in [1.807, 2.05) is 6.07 Å². The average molecular weight is 399 g/mol. The summed E-state index contributed by atoms with van der Waals surface area (Å²) in [6, 6.07) is 7.11. The van der Waals surface area contributed by atoms with Crippen molar-refractivity contribution in [3.8, 4) is 5.75 Å². The van der Waals surface area contributed by atoms with Crippen molar-refractivity contribution in [3.63, 3.8) is 0 Å². The maximum atomic E-state index is 11.3. The number of ether oxygens (including phenoxy) is 6. The quantitative estimate of drug-likeness (QED) is 0.275. The number of nitrogens with two attached hydrogens (primary N) is 1. The Hall–Kier alpha value is -1.55. The van der Waals surface area contributed by atoms with E-state index in [-0.39, 0.29) is 5.78 Å². The van der Waals surface area contributed by atoms with Crippen LogP contribution in [-0.4, -0.2) is 85.0 Å². The van der Waals surface area contributed by atoms with Crippen LogP contribution in [0.1, 0.15) is 17.3 Å². The second kappa shape index (κ2) is 17.5. The third-order valence-corrected chi connectivity index (χ3v) is 3.49. The summed E-state index contributed by atoms with van der Waals surface area (Å²) in [5, 5.41) is 0. The van der Waals surface area contributed by atoms with Gasteiger partial charge in [0.05, 0.1) is 66.1 Å². The van der Waals surface area contributed by atoms with Crippen LogP contribution >= 0.6 is 0 Å². The number of carbonyl (C=O) groups excluding carboxylic acids is 1. The molecule has 28 heavy (non-hydrogen) atoms. The van der Waals surface area contributed by atoms with E-state index in [1.54, 1.807) is 18.2 Å². The first-order valence-corrected chi connectivity index (χ1v) is 9.56. The Morgan fingerprint density at radius 3 is 1.68 bits per heavy atom. The van der Waals surface area contributed by atoms with Gasteiger partial charge < -0.3 is 34.2 Å². The zero-order valence-electron chi connectivity index (χ0n) is 16.7. The third-order valence-electron chi connectivity index (χ3n) is 3.49. The third kappa shape index (κ3) is 13.6. The zero-order valence-corrected chi connectivity index (χ0v) is 16.7. The van der Waals surface area contributed by atoms with Gasteiger partial charge in [-0.05, 0) is 19.1 Å². The molecule has 0 aromatic heterocycles. The molecule has 0 heterocycles. The molecule has 160 valence electrons. The number of Topliss-reactive ketones (excluding diaryl/α,β-unsaturated/α-hetero) is 1. The van der Waals surface area contributed by atoms with Gasteiger partial charge in [-0.25, -0.2) is 0 Å². The summed E-state index contributed by atoms with van der Waals surface area (Å²) in [6.45, 7) is 7.66. The zero-order chi connectivity index (χ0) is 20.3. The van der Waals surface area contributed by atoms with Gasteiger partial charge in [-0.15, -0.1) is 0 Å². The monoisotopic (exact) mass is 399 g/mol. The Morgan fingerprint density at radius 1 is 0.750 bits per heavy atom. The number of benzene rings is 1. The van der Waals surface area contributed by atoms with Crippen molar-refractivity contribution < 1.29 is 33.2 Å². The van der Waals surface area contributed by atoms with E-state index in [9.17, 15) is 4.79 Å². The molecule has 0 bridgehead atoms. The molecule has 8 heteroatoms. The summed E-state index contributed by atoms with van der Waals surface area (Å²) in [4.78, 5) is 11.3. The fourth-order valence-corrected chi connectivity index (χ4v) is 2.09. The molecule has 8 nitrogen and oxygen atoms in total. The lowest BCUT2D eigenvalue weighted by Gasteiger charge is -2.09. The predicted molar refractivity (Wildman–Crippen MR) is 105 cm³/mol. The van der Waals surface area contributed by atoms with E-state index in [0.717, 1.165) is 0 Å². The van der Waals surface area contributed by atoms with E-state index < -0.39 is 0 Å². The molecule has 1 rings (SSSR count). The molecule has 1 aromatic carbocycles. The molecule has 0 fully saturated rings. The Kier molecular flexibility index (Phi) is 15.3. The topological polar surface area (TPSA) is 98.5 Å². The molecule has 0 unspecified atom stereocenters. The maximum absolute atomic E-state index is 11.3. The van der Waals surface area contributed by atoms with Crippen LogP contribution in [0, 0.1) is 0 Å². The van der Waals surface area contributed by atoms with E-state index in [2.05, 4.69) is 0 Å². The summed E-state index contributed by atoms with van der Waals surface area (Å²) in [7, 11) is 0. The van der Waals surface area contributed by atoms with Gasteiger partial charge in [0, 0.05) is 12.1 Å². The van der Waals surface area contributed by atoms with Crippen molar-refractivity contribution in [1.29, 1.82) is 0 Å². The number of rotatable bonds is 19. The van der Waals surface area contributed by atoms with Gasteiger partial charge in [0.2, 0.25) is 0 Å². The van der Waals surface area contributed by atoms with E-state index in [1.165, 1.54) is 6.92 Å². The lowest BCUT2D eigenvalue weighted by molar-refractivity contribution is -0.0122. The molecule has 2 N–H and O–H groups in total. The van der Waals surface area contributed by atoms with Crippen LogP contribution in [0.25, 0.3) is 0 Å². The minimum Gasteiger partial charge on any atom is -0.491 e. The second-order valence-electron chi connectivity index (χ2n) is 5.78. The minimum atomic E-state index is 0.0169. The fourth-order valence-electron chi connectivity index (χ4n) is 2.09. The highest BCUT2D eigenvalue weighted by atomic mass is 16.6. The van der Waals surface area contributed by atoms with Crippen molar-refractivity contribution >= 4 is 5.78 Å². The molecule has 0 amide bonds. The summed E-state index contributed by atoms with van der Waals surface area (Å²) < 4.78 is 32.3. The molecule has 0 atom stereocenters. The van der Waals surface area contributed by atoms with Crippen molar-refractivity contribution in [2.24, 2.45) is 5.73 Å². The van der Waals surface area contributed by atoms with Crippen LogP contribution in [0.3, 0.4) is 0 Å². The summed E-state index contributed by atoms with van der Waals surface area (Å²) in [5.41, 5.74) is 5.94. The SMILES string of the molecule is CC(=O)c1cccc(OCCOCCOCCOCCOCCOCCN)c1. The molecule has 0 spiro atoms. The van der Waals surface area contributed by atoms with Crippen LogP contribution in [0.4, 0.5) is 0 Å². The molecule has 0 saturated carbocycles. The standard InChI is InChI=1S/C20H33NO7/c1-18(22)19-3-2-4-20(17-19)28-16-15-27-14-13-26-12-11-25-10-9-24-8-7-23-6-5-21/h2-4,17H,5-16,21H2,1H3. The van der Waals surface area contributed by atoms with Gasteiger partial charge in [-0.1, -0.05) is 12.1 Å². The number of ketones is 1. The van der Waals surface area contributed by atoms with E-state index >= 15 is 0 Å². The molecular weight excluding hydrogens is 366 g/mol. The van der Waals surface area contributed by atoms with Crippen LogP contribution in [-0.2, 0) is 23.7 Å². The minimum absolute atomic E-state index is 0.0169. The second-order valence-corrected chi connectivity index (χ2v) is 5.78. The number of carbonyl (C=O) groups is 1. The van der Waals surface area contributed by atoms with Crippen LogP contribution < -0.4 is 10.5 Å². The van der Waals surface area contributed by atoms with Crippen molar-refractivity contribution in [2.45, 2.75) is 6.92 Å². The van der Waals surface area contributed by atoms with Gasteiger partial charge in [0.25, 0.3) is 0 Å². The van der Waals surface area contributed by atoms with Crippen molar-refractivity contribution in [3.05, 3.63) is 29.8 Å². The van der Waals surface area contributed by atoms with Crippen LogP contribution in [0.15, 0.2) is 24.3 Å². The van der Waals surface area contributed by atoms with Gasteiger partial charge in [0.15, 0.2) is 5.78 Å².